The number of nitrogens with zero attached hydrogens (tertiary/aromatic N) is 2. The molecular weight excluding hydrogens is 248 g/mol. The van der Waals surface area contributed by atoms with E-state index in [0.717, 1.165) is 30.5 Å². The van der Waals surface area contributed by atoms with Gasteiger partial charge in [0.15, 0.2) is 0 Å². The van der Waals surface area contributed by atoms with E-state index in [4.69, 9.17) is 4.74 Å². The molecule has 1 aliphatic carbocycles. The number of pyridine rings is 1. The molecule has 0 amide bonds. The molecule has 1 aliphatic rings. The first-order valence-corrected chi connectivity index (χ1v) is 6.92. The van der Waals surface area contributed by atoms with Crippen molar-refractivity contribution < 1.29 is 4.74 Å². The Kier molecular flexibility index (Phi) is 3.39. The highest BCUT2D eigenvalue weighted by atomic mass is 16.5. The molecular formula is C17H16N2O. The first-order chi connectivity index (χ1) is 9.78. The van der Waals surface area contributed by atoms with Gasteiger partial charge in [0.2, 0.25) is 5.88 Å². The third-order valence-electron chi connectivity index (χ3n) is 3.69. The molecule has 1 heterocycles. The third kappa shape index (κ3) is 2.37. The molecule has 0 radical (unpaired) electrons. The molecule has 1 aromatic heterocycles. The Morgan fingerprint density at radius 3 is 2.80 bits per heavy atom. The molecule has 0 saturated heterocycles. The molecule has 1 atom stereocenters. The smallest absolute Gasteiger partial charge is 0.232 e. The predicted molar refractivity (Wildman–Crippen MR) is 76.5 cm³/mol. The molecule has 2 aromatic rings. The lowest BCUT2D eigenvalue weighted by atomic mass is 10.1. The van der Waals surface area contributed by atoms with Crippen LogP contribution in [-0.2, 0) is 12.8 Å². The minimum Gasteiger partial charge on any atom is -0.469 e. The summed E-state index contributed by atoms with van der Waals surface area (Å²) < 4.78 is 5.91. The van der Waals surface area contributed by atoms with Crippen molar-refractivity contribution in [2.24, 2.45) is 0 Å². The molecule has 3 rings (SSSR count). The van der Waals surface area contributed by atoms with Crippen LogP contribution in [0.25, 0.3) is 0 Å². The fourth-order valence-electron chi connectivity index (χ4n) is 2.58. The molecule has 100 valence electrons. The zero-order chi connectivity index (χ0) is 13.9. The van der Waals surface area contributed by atoms with Crippen LogP contribution in [0.4, 0.5) is 0 Å². The lowest BCUT2D eigenvalue weighted by Crippen LogP contribution is -2.07. The summed E-state index contributed by atoms with van der Waals surface area (Å²) in [6.45, 7) is 1.98. The largest absolute Gasteiger partial charge is 0.469 e. The summed E-state index contributed by atoms with van der Waals surface area (Å²) in [5.74, 6) is 0.463. The minimum absolute atomic E-state index is 0.116. The van der Waals surface area contributed by atoms with Gasteiger partial charge in [-0.3, -0.25) is 0 Å². The summed E-state index contributed by atoms with van der Waals surface area (Å²) in [6, 6.07) is 14.1. The quantitative estimate of drug-likeness (QED) is 0.851. The van der Waals surface area contributed by atoms with E-state index in [-0.39, 0.29) is 6.10 Å². The maximum atomic E-state index is 9.26. The van der Waals surface area contributed by atoms with Crippen LogP contribution < -0.4 is 4.74 Å². The number of aryl methyl sites for hydroxylation is 2. The van der Waals surface area contributed by atoms with Gasteiger partial charge in [0, 0.05) is 5.69 Å². The van der Waals surface area contributed by atoms with Crippen LogP contribution >= 0.6 is 0 Å². The van der Waals surface area contributed by atoms with Crippen molar-refractivity contribution in [1.29, 1.82) is 5.26 Å². The molecule has 0 saturated carbocycles. The zero-order valence-corrected chi connectivity index (χ0v) is 11.5. The molecule has 0 spiro atoms. The number of hydrogen-bond acceptors (Lipinski definition) is 3. The number of benzene rings is 1. The standard InChI is InChI=1S/C17H16N2O/c1-12(13-6-3-2-4-7-13)20-17-15(11-18)10-14-8-5-9-16(14)19-17/h2-4,6-7,10,12H,5,8-9H2,1H3. The van der Waals surface area contributed by atoms with E-state index in [1.54, 1.807) is 0 Å². The van der Waals surface area contributed by atoms with Gasteiger partial charge in [-0.2, -0.15) is 5.26 Å². The summed E-state index contributed by atoms with van der Waals surface area (Å²) in [6.07, 6.45) is 3.00. The molecule has 3 nitrogen and oxygen atoms in total. The van der Waals surface area contributed by atoms with Crippen LogP contribution in [0.3, 0.4) is 0 Å². The first-order valence-electron chi connectivity index (χ1n) is 6.92. The Bertz CT molecular complexity index is 659. The monoisotopic (exact) mass is 264 g/mol. The van der Waals surface area contributed by atoms with Crippen LogP contribution in [-0.4, -0.2) is 4.98 Å². The summed E-state index contributed by atoms with van der Waals surface area (Å²) in [4.78, 5) is 4.54. The SMILES string of the molecule is CC(Oc1nc2c(cc1C#N)CCC2)c1ccccc1. The highest BCUT2D eigenvalue weighted by molar-refractivity contribution is 5.44. The topological polar surface area (TPSA) is 45.9 Å². The number of hydrogen-bond donors (Lipinski definition) is 0. The van der Waals surface area contributed by atoms with E-state index >= 15 is 0 Å². The number of rotatable bonds is 3. The molecule has 1 unspecified atom stereocenters. The van der Waals surface area contributed by atoms with Crippen LogP contribution in [0.15, 0.2) is 36.4 Å². The first kappa shape index (κ1) is 12.7. The van der Waals surface area contributed by atoms with Crippen LogP contribution in [0.1, 0.15) is 41.8 Å². The molecule has 0 fully saturated rings. The molecule has 20 heavy (non-hydrogen) atoms. The van der Waals surface area contributed by atoms with Crippen molar-refractivity contribution >= 4 is 0 Å². The third-order valence-corrected chi connectivity index (χ3v) is 3.69. The van der Waals surface area contributed by atoms with E-state index in [1.165, 1.54) is 5.56 Å². The van der Waals surface area contributed by atoms with Gasteiger partial charge in [-0.15, -0.1) is 0 Å². The average molecular weight is 264 g/mol. The van der Waals surface area contributed by atoms with Gasteiger partial charge in [0.1, 0.15) is 17.7 Å². The number of ether oxygens (including phenoxy) is 1. The second-order valence-corrected chi connectivity index (χ2v) is 5.08. The van der Waals surface area contributed by atoms with Crippen molar-refractivity contribution in [3.63, 3.8) is 0 Å². The Morgan fingerprint density at radius 1 is 1.25 bits per heavy atom. The summed E-state index contributed by atoms with van der Waals surface area (Å²) in [7, 11) is 0. The maximum Gasteiger partial charge on any atom is 0.232 e. The maximum absolute atomic E-state index is 9.26. The Labute approximate surface area is 118 Å². The van der Waals surface area contributed by atoms with Gasteiger partial charge in [0.05, 0.1) is 0 Å². The fourth-order valence-corrected chi connectivity index (χ4v) is 2.58. The molecule has 0 aliphatic heterocycles. The van der Waals surface area contributed by atoms with Gasteiger partial charge in [-0.25, -0.2) is 4.98 Å². The van der Waals surface area contributed by atoms with E-state index in [2.05, 4.69) is 11.1 Å². The number of fused-ring (bicyclic) bond motifs is 1. The Balaban J connectivity index is 1.89. The van der Waals surface area contributed by atoms with E-state index in [1.807, 2.05) is 43.3 Å². The predicted octanol–water partition coefficient (Wildman–Crippen LogP) is 3.58. The lowest BCUT2D eigenvalue weighted by Gasteiger charge is -2.16. The molecule has 0 N–H and O–H groups in total. The van der Waals surface area contributed by atoms with E-state index < -0.39 is 0 Å². The number of aromatic nitrogens is 1. The van der Waals surface area contributed by atoms with Crippen LogP contribution in [0, 0.1) is 11.3 Å². The van der Waals surface area contributed by atoms with Crippen LogP contribution in [0.5, 0.6) is 5.88 Å². The van der Waals surface area contributed by atoms with E-state index in [0.29, 0.717) is 11.4 Å². The van der Waals surface area contributed by atoms with Crippen molar-refractivity contribution in [3.05, 3.63) is 58.8 Å². The molecule has 1 aromatic carbocycles. The molecule has 0 bridgehead atoms. The Hall–Kier alpha value is -2.34. The highest BCUT2D eigenvalue weighted by Gasteiger charge is 2.19. The molecule has 3 heteroatoms. The summed E-state index contributed by atoms with van der Waals surface area (Å²) >= 11 is 0. The van der Waals surface area contributed by atoms with E-state index in [9.17, 15) is 5.26 Å². The normalized spacial score (nSPS) is 14.4. The lowest BCUT2D eigenvalue weighted by molar-refractivity contribution is 0.216. The highest BCUT2D eigenvalue weighted by Crippen LogP contribution is 2.29. The fraction of sp³-hybridized carbons (Fsp3) is 0.294. The summed E-state index contributed by atoms with van der Waals surface area (Å²) in [5.41, 5.74) is 3.90. The van der Waals surface area contributed by atoms with Gasteiger partial charge < -0.3 is 4.74 Å². The second kappa shape index (κ2) is 5.34. The van der Waals surface area contributed by atoms with Crippen molar-refractivity contribution in [2.45, 2.75) is 32.3 Å². The van der Waals surface area contributed by atoms with Gasteiger partial charge in [0.25, 0.3) is 0 Å². The van der Waals surface area contributed by atoms with Gasteiger partial charge >= 0.3 is 0 Å². The van der Waals surface area contributed by atoms with Crippen molar-refractivity contribution in [2.75, 3.05) is 0 Å². The van der Waals surface area contributed by atoms with Crippen molar-refractivity contribution in [3.8, 4) is 11.9 Å². The Morgan fingerprint density at radius 2 is 2.05 bits per heavy atom. The average Bonchev–Trinajstić information content (AvgIpc) is 2.94. The van der Waals surface area contributed by atoms with Gasteiger partial charge in [-0.05, 0) is 43.4 Å². The van der Waals surface area contributed by atoms with Crippen molar-refractivity contribution in [1.82, 2.24) is 4.98 Å². The minimum atomic E-state index is -0.116. The number of nitriles is 1. The second-order valence-electron chi connectivity index (χ2n) is 5.08. The zero-order valence-electron chi connectivity index (χ0n) is 11.5. The summed E-state index contributed by atoms with van der Waals surface area (Å²) in [5, 5.41) is 9.26. The van der Waals surface area contributed by atoms with Crippen LogP contribution in [0.2, 0.25) is 0 Å². The van der Waals surface area contributed by atoms with Gasteiger partial charge in [-0.1, -0.05) is 30.3 Å².